The molecule has 3 rings (SSSR count). The molecule has 1 aliphatic rings. The zero-order chi connectivity index (χ0) is 14.0. The molecule has 2 N–H and O–H groups in total. The molecule has 1 aliphatic carbocycles. The van der Waals surface area contributed by atoms with E-state index in [-0.39, 0.29) is 11.5 Å². The zero-order valence-electron chi connectivity index (χ0n) is 11.6. The van der Waals surface area contributed by atoms with Crippen molar-refractivity contribution >= 4 is 5.95 Å². The maximum Gasteiger partial charge on any atom is 0.222 e. The molecule has 1 heterocycles. The Labute approximate surface area is 118 Å². The number of aliphatic hydroxyl groups is 1. The lowest BCUT2D eigenvalue weighted by molar-refractivity contribution is 0.0242. The number of hydrogen-bond acceptors (Lipinski definition) is 4. The zero-order valence-corrected chi connectivity index (χ0v) is 11.6. The van der Waals surface area contributed by atoms with Gasteiger partial charge in [0, 0.05) is 23.9 Å². The summed E-state index contributed by atoms with van der Waals surface area (Å²) in [4.78, 5) is 8.59. The van der Waals surface area contributed by atoms with Crippen molar-refractivity contribution in [2.24, 2.45) is 0 Å². The second-order valence-corrected chi connectivity index (χ2v) is 5.58. The van der Waals surface area contributed by atoms with Crippen LogP contribution in [0.2, 0.25) is 0 Å². The van der Waals surface area contributed by atoms with Crippen LogP contribution in [0.1, 0.15) is 24.1 Å². The Kier molecular flexibility index (Phi) is 3.40. The number of hydrogen-bond donors (Lipinski definition) is 2. The Morgan fingerprint density at radius 2 is 2.00 bits per heavy atom. The van der Waals surface area contributed by atoms with Crippen LogP contribution in [0, 0.1) is 6.92 Å². The summed E-state index contributed by atoms with van der Waals surface area (Å²) in [5, 5.41) is 13.0. The van der Waals surface area contributed by atoms with E-state index in [2.05, 4.69) is 27.4 Å². The third kappa shape index (κ3) is 2.51. The second kappa shape index (κ2) is 5.21. The first kappa shape index (κ1) is 13.1. The van der Waals surface area contributed by atoms with E-state index in [1.807, 2.05) is 31.2 Å². The maximum atomic E-state index is 9.73. The molecule has 104 valence electrons. The minimum absolute atomic E-state index is 0.00617. The van der Waals surface area contributed by atoms with Crippen molar-refractivity contribution in [3.8, 4) is 0 Å². The van der Waals surface area contributed by atoms with Crippen LogP contribution in [0.15, 0.2) is 42.6 Å². The first-order chi connectivity index (χ1) is 9.68. The van der Waals surface area contributed by atoms with Gasteiger partial charge in [-0.15, -0.1) is 0 Å². The standard InChI is InChI=1S/C16H19N3O/c1-12-7-8-17-15(19-12)18-11-16(9-14(20)10-16)13-5-3-2-4-6-13/h2-8,14,20H,9-11H2,1H3,(H,17,18,19). The van der Waals surface area contributed by atoms with Crippen molar-refractivity contribution in [2.45, 2.75) is 31.3 Å². The topological polar surface area (TPSA) is 58.0 Å². The molecule has 1 aromatic heterocycles. The van der Waals surface area contributed by atoms with Crippen LogP contribution in [-0.2, 0) is 5.41 Å². The number of aliphatic hydroxyl groups excluding tert-OH is 1. The van der Waals surface area contributed by atoms with Crippen LogP contribution in [0.3, 0.4) is 0 Å². The number of rotatable bonds is 4. The Hall–Kier alpha value is -1.94. The Morgan fingerprint density at radius 3 is 2.65 bits per heavy atom. The van der Waals surface area contributed by atoms with E-state index in [4.69, 9.17) is 0 Å². The molecule has 0 amide bonds. The summed E-state index contributed by atoms with van der Waals surface area (Å²) in [6.07, 6.45) is 3.14. The van der Waals surface area contributed by atoms with Gasteiger partial charge in [-0.2, -0.15) is 0 Å². The van der Waals surface area contributed by atoms with Crippen molar-refractivity contribution in [1.82, 2.24) is 9.97 Å². The maximum absolute atomic E-state index is 9.73. The van der Waals surface area contributed by atoms with Crippen molar-refractivity contribution in [1.29, 1.82) is 0 Å². The van der Waals surface area contributed by atoms with Crippen LogP contribution < -0.4 is 5.32 Å². The van der Waals surface area contributed by atoms with E-state index in [0.29, 0.717) is 5.95 Å². The fourth-order valence-electron chi connectivity index (χ4n) is 2.90. The molecule has 1 fully saturated rings. The largest absolute Gasteiger partial charge is 0.393 e. The Bertz CT molecular complexity index is 579. The van der Waals surface area contributed by atoms with Gasteiger partial charge in [0.2, 0.25) is 5.95 Å². The molecule has 4 heteroatoms. The lowest BCUT2D eigenvalue weighted by Crippen LogP contribution is -2.49. The minimum Gasteiger partial charge on any atom is -0.393 e. The summed E-state index contributed by atoms with van der Waals surface area (Å²) >= 11 is 0. The SMILES string of the molecule is Cc1ccnc(NCC2(c3ccccc3)CC(O)C2)n1. The lowest BCUT2D eigenvalue weighted by Gasteiger charge is -2.46. The molecule has 2 aromatic rings. The summed E-state index contributed by atoms with van der Waals surface area (Å²) in [5.74, 6) is 0.654. The number of anilines is 1. The molecule has 0 radical (unpaired) electrons. The van der Waals surface area contributed by atoms with E-state index >= 15 is 0 Å². The van der Waals surface area contributed by atoms with Gasteiger partial charge in [-0.3, -0.25) is 0 Å². The summed E-state index contributed by atoms with van der Waals surface area (Å²) in [6, 6.07) is 12.2. The molecule has 20 heavy (non-hydrogen) atoms. The summed E-state index contributed by atoms with van der Waals surface area (Å²) in [5.41, 5.74) is 2.21. The fourth-order valence-corrected chi connectivity index (χ4v) is 2.90. The average Bonchev–Trinajstić information content (AvgIpc) is 2.43. The van der Waals surface area contributed by atoms with Gasteiger partial charge in [-0.25, -0.2) is 9.97 Å². The molecule has 4 nitrogen and oxygen atoms in total. The van der Waals surface area contributed by atoms with Crippen LogP contribution in [0.25, 0.3) is 0 Å². The normalized spacial score (nSPS) is 25.0. The molecule has 0 spiro atoms. The number of nitrogens with zero attached hydrogens (tertiary/aromatic N) is 2. The predicted octanol–water partition coefficient (Wildman–Crippen LogP) is 2.29. The lowest BCUT2D eigenvalue weighted by atomic mass is 9.62. The quantitative estimate of drug-likeness (QED) is 0.894. The van der Waals surface area contributed by atoms with Gasteiger partial charge < -0.3 is 10.4 Å². The van der Waals surface area contributed by atoms with E-state index in [1.165, 1.54) is 5.56 Å². The van der Waals surface area contributed by atoms with Gasteiger partial charge in [-0.05, 0) is 31.4 Å². The molecule has 1 aromatic carbocycles. The highest BCUT2D eigenvalue weighted by Crippen LogP contribution is 2.43. The summed E-state index contributed by atoms with van der Waals surface area (Å²) < 4.78 is 0. The van der Waals surface area contributed by atoms with E-state index in [9.17, 15) is 5.11 Å². The number of benzene rings is 1. The van der Waals surface area contributed by atoms with Gasteiger partial charge in [0.05, 0.1) is 6.10 Å². The first-order valence-electron chi connectivity index (χ1n) is 6.95. The summed E-state index contributed by atoms with van der Waals surface area (Å²) in [6.45, 7) is 2.70. The van der Waals surface area contributed by atoms with Crippen molar-refractivity contribution in [2.75, 3.05) is 11.9 Å². The number of aromatic nitrogens is 2. The molecule has 0 unspecified atom stereocenters. The highest BCUT2D eigenvalue weighted by atomic mass is 16.3. The Morgan fingerprint density at radius 1 is 1.25 bits per heavy atom. The molecule has 1 saturated carbocycles. The minimum atomic E-state index is -0.199. The van der Waals surface area contributed by atoms with Crippen molar-refractivity contribution in [3.05, 3.63) is 53.9 Å². The third-order valence-electron chi connectivity index (χ3n) is 4.02. The van der Waals surface area contributed by atoms with Crippen molar-refractivity contribution < 1.29 is 5.11 Å². The number of aryl methyl sites for hydroxylation is 1. The Balaban J connectivity index is 1.76. The van der Waals surface area contributed by atoms with Crippen LogP contribution >= 0.6 is 0 Å². The van der Waals surface area contributed by atoms with Gasteiger partial charge in [0.15, 0.2) is 0 Å². The van der Waals surface area contributed by atoms with E-state index in [1.54, 1.807) is 6.20 Å². The monoisotopic (exact) mass is 269 g/mol. The smallest absolute Gasteiger partial charge is 0.222 e. The average molecular weight is 269 g/mol. The van der Waals surface area contributed by atoms with Gasteiger partial charge in [-0.1, -0.05) is 30.3 Å². The molecule has 0 saturated heterocycles. The fraction of sp³-hybridized carbons (Fsp3) is 0.375. The van der Waals surface area contributed by atoms with Crippen LogP contribution in [0.4, 0.5) is 5.95 Å². The molecule has 0 atom stereocenters. The van der Waals surface area contributed by atoms with Crippen LogP contribution in [-0.4, -0.2) is 27.7 Å². The first-order valence-corrected chi connectivity index (χ1v) is 6.95. The summed E-state index contributed by atoms with van der Waals surface area (Å²) in [7, 11) is 0. The van der Waals surface area contributed by atoms with E-state index in [0.717, 1.165) is 25.1 Å². The highest BCUT2D eigenvalue weighted by molar-refractivity contribution is 5.34. The molecular weight excluding hydrogens is 250 g/mol. The van der Waals surface area contributed by atoms with Crippen molar-refractivity contribution in [3.63, 3.8) is 0 Å². The van der Waals surface area contributed by atoms with Gasteiger partial charge in [0.25, 0.3) is 0 Å². The highest BCUT2D eigenvalue weighted by Gasteiger charge is 2.44. The van der Waals surface area contributed by atoms with Crippen LogP contribution in [0.5, 0.6) is 0 Å². The molecule has 0 aliphatic heterocycles. The third-order valence-corrected chi connectivity index (χ3v) is 4.02. The van der Waals surface area contributed by atoms with Gasteiger partial charge in [0.1, 0.15) is 0 Å². The predicted molar refractivity (Wildman–Crippen MR) is 78.6 cm³/mol. The second-order valence-electron chi connectivity index (χ2n) is 5.58. The van der Waals surface area contributed by atoms with E-state index < -0.39 is 0 Å². The molecule has 0 bridgehead atoms. The molecular formula is C16H19N3O. The number of nitrogens with one attached hydrogen (secondary N) is 1. The van der Waals surface area contributed by atoms with Gasteiger partial charge >= 0.3 is 0 Å².